The summed E-state index contributed by atoms with van der Waals surface area (Å²) in [5.41, 5.74) is 0. The number of rotatable bonds is 5. The Kier molecular flexibility index (Phi) is 6.14. The lowest BCUT2D eigenvalue weighted by Crippen LogP contribution is -2.16. The molecule has 10 heavy (non-hydrogen) atoms. The average Bonchev–Trinajstić information content (AvgIpc) is 1.88. The van der Waals surface area contributed by atoms with Gasteiger partial charge < -0.3 is 4.74 Å². The minimum atomic E-state index is 0.364. The molecule has 0 bridgehead atoms. The Morgan fingerprint density at radius 2 is 1.90 bits per heavy atom. The minimum Gasteiger partial charge on any atom is -0.378 e. The Labute approximate surface area is 68.7 Å². The largest absolute Gasteiger partial charge is 0.378 e. The van der Waals surface area contributed by atoms with Crippen molar-refractivity contribution in [1.29, 1.82) is 0 Å². The first-order chi connectivity index (χ1) is 4.68. The fraction of sp³-hybridized carbons (Fsp3) is 1.00. The van der Waals surface area contributed by atoms with Gasteiger partial charge in [-0.05, 0) is 19.3 Å². The van der Waals surface area contributed by atoms with Crippen molar-refractivity contribution in [3.05, 3.63) is 0 Å². The smallest absolute Gasteiger partial charge is 0.0569 e. The van der Waals surface area contributed by atoms with Gasteiger partial charge in [0.2, 0.25) is 0 Å². The minimum absolute atomic E-state index is 0.364. The second-order valence-electron chi connectivity index (χ2n) is 2.86. The zero-order valence-corrected chi connectivity index (χ0v) is 7.82. The van der Waals surface area contributed by atoms with Gasteiger partial charge in [0.1, 0.15) is 0 Å². The molecule has 1 nitrogen and oxygen atoms in total. The van der Waals surface area contributed by atoms with Crippen molar-refractivity contribution in [3.8, 4) is 0 Å². The standard InChI is InChI=1S/C8H17ClO/c1-7(2)8(3)10-6-4-5-9/h7-8H,4-6H2,1-3H3. The van der Waals surface area contributed by atoms with E-state index in [1.165, 1.54) is 0 Å². The molecular weight excluding hydrogens is 148 g/mol. The molecule has 0 radical (unpaired) electrons. The van der Waals surface area contributed by atoms with Crippen molar-refractivity contribution in [1.82, 2.24) is 0 Å². The highest BCUT2D eigenvalue weighted by molar-refractivity contribution is 6.17. The number of ether oxygens (including phenoxy) is 1. The molecule has 1 atom stereocenters. The summed E-state index contributed by atoms with van der Waals surface area (Å²) in [5, 5.41) is 0. The third-order valence-electron chi connectivity index (χ3n) is 1.60. The predicted octanol–water partition coefficient (Wildman–Crippen LogP) is 2.68. The van der Waals surface area contributed by atoms with E-state index < -0.39 is 0 Å². The van der Waals surface area contributed by atoms with Gasteiger partial charge in [0.05, 0.1) is 6.10 Å². The number of hydrogen-bond acceptors (Lipinski definition) is 1. The number of alkyl halides is 1. The summed E-state index contributed by atoms with van der Waals surface area (Å²) in [4.78, 5) is 0. The van der Waals surface area contributed by atoms with Gasteiger partial charge in [-0.2, -0.15) is 0 Å². The monoisotopic (exact) mass is 164 g/mol. The zero-order chi connectivity index (χ0) is 7.98. The van der Waals surface area contributed by atoms with E-state index in [-0.39, 0.29) is 0 Å². The topological polar surface area (TPSA) is 9.23 Å². The van der Waals surface area contributed by atoms with Crippen LogP contribution in [0.1, 0.15) is 27.2 Å². The highest BCUT2D eigenvalue weighted by Gasteiger charge is 2.05. The first kappa shape index (κ1) is 10.2. The second kappa shape index (κ2) is 5.99. The third-order valence-corrected chi connectivity index (χ3v) is 1.86. The van der Waals surface area contributed by atoms with Gasteiger partial charge in [0.15, 0.2) is 0 Å². The van der Waals surface area contributed by atoms with E-state index in [2.05, 4.69) is 20.8 Å². The SMILES string of the molecule is CC(C)C(C)OCCCCl. The lowest BCUT2D eigenvalue weighted by molar-refractivity contribution is 0.0363. The Hall–Kier alpha value is 0.250. The molecule has 2 heteroatoms. The van der Waals surface area contributed by atoms with E-state index in [0.29, 0.717) is 17.9 Å². The van der Waals surface area contributed by atoms with Crippen molar-refractivity contribution in [3.63, 3.8) is 0 Å². The lowest BCUT2D eigenvalue weighted by atomic mass is 10.1. The Balaban J connectivity index is 3.13. The molecule has 0 fully saturated rings. The van der Waals surface area contributed by atoms with Gasteiger partial charge >= 0.3 is 0 Å². The molecule has 0 aliphatic carbocycles. The quantitative estimate of drug-likeness (QED) is 0.449. The highest BCUT2D eigenvalue weighted by Crippen LogP contribution is 2.05. The average molecular weight is 165 g/mol. The lowest BCUT2D eigenvalue weighted by Gasteiger charge is -2.15. The summed E-state index contributed by atoms with van der Waals surface area (Å²) < 4.78 is 5.46. The molecule has 0 aliphatic rings. The molecule has 0 spiro atoms. The van der Waals surface area contributed by atoms with Gasteiger partial charge in [-0.3, -0.25) is 0 Å². The maximum atomic E-state index is 5.48. The van der Waals surface area contributed by atoms with Crippen LogP contribution in [0.15, 0.2) is 0 Å². The normalized spacial score (nSPS) is 14.1. The summed E-state index contributed by atoms with van der Waals surface area (Å²) in [7, 11) is 0. The fourth-order valence-corrected chi connectivity index (χ4v) is 0.625. The molecule has 0 heterocycles. The Morgan fingerprint density at radius 1 is 1.30 bits per heavy atom. The van der Waals surface area contributed by atoms with Gasteiger partial charge in [0.25, 0.3) is 0 Å². The number of halogens is 1. The molecular formula is C8H17ClO. The summed E-state index contributed by atoms with van der Waals surface area (Å²) in [6.45, 7) is 7.21. The molecule has 1 unspecified atom stereocenters. The van der Waals surface area contributed by atoms with Crippen molar-refractivity contribution < 1.29 is 4.74 Å². The van der Waals surface area contributed by atoms with E-state index in [1.54, 1.807) is 0 Å². The van der Waals surface area contributed by atoms with E-state index in [9.17, 15) is 0 Å². The fourth-order valence-electron chi connectivity index (χ4n) is 0.516. The first-order valence-electron chi connectivity index (χ1n) is 3.86. The van der Waals surface area contributed by atoms with Crippen LogP contribution in [0.25, 0.3) is 0 Å². The maximum Gasteiger partial charge on any atom is 0.0569 e. The summed E-state index contributed by atoms with van der Waals surface area (Å²) in [6, 6.07) is 0. The second-order valence-corrected chi connectivity index (χ2v) is 3.24. The highest BCUT2D eigenvalue weighted by atomic mass is 35.5. The summed E-state index contributed by atoms with van der Waals surface area (Å²) in [5.74, 6) is 1.31. The summed E-state index contributed by atoms with van der Waals surface area (Å²) >= 11 is 5.48. The van der Waals surface area contributed by atoms with Crippen LogP contribution in [0.3, 0.4) is 0 Å². The first-order valence-corrected chi connectivity index (χ1v) is 4.39. The van der Waals surface area contributed by atoms with Gasteiger partial charge in [-0.1, -0.05) is 13.8 Å². The van der Waals surface area contributed by atoms with Crippen LogP contribution in [0.5, 0.6) is 0 Å². The molecule has 62 valence electrons. The molecule has 0 aromatic carbocycles. The van der Waals surface area contributed by atoms with Crippen LogP contribution >= 0.6 is 11.6 Å². The molecule has 0 aliphatic heterocycles. The maximum absolute atomic E-state index is 5.48. The predicted molar refractivity (Wildman–Crippen MR) is 45.6 cm³/mol. The Morgan fingerprint density at radius 3 is 2.30 bits per heavy atom. The molecule has 0 aromatic rings. The van der Waals surface area contributed by atoms with Gasteiger partial charge in [-0.15, -0.1) is 11.6 Å². The van der Waals surface area contributed by atoms with Crippen LogP contribution in [0.2, 0.25) is 0 Å². The zero-order valence-electron chi connectivity index (χ0n) is 7.06. The van der Waals surface area contributed by atoms with Crippen molar-refractivity contribution >= 4 is 11.6 Å². The van der Waals surface area contributed by atoms with E-state index in [1.807, 2.05) is 0 Å². The van der Waals surface area contributed by atoms with Crippen LogP contribution in [0, 0.1) is 5.92 Å². The van der Waals surface area contributed by atoms with Gasteiger partial charge in [0, 0.05) is 12.5 Å². The van der Waals surface area contributed by atoms with E-state index in [0.717, 1.165) is 13.0 Å². The molecule has 0 aromatic heterocycles. The van der Waals surface area contributed by atoms with Crippen LogP contribution < -0.4 is 0 Å². The van der Waals surface area contributed by atoms with Crippen LogP contribution in [0.4, 0.5) is 0 Å². The van der Waals surface area contributed by atoms with Crippen molar-refractivity contribution in [2.45, 2.75) is 33.3 Å². The number of hydrogen-bond donors (Lipinski definition) is 0. The summed E-state index contributed by atoms with van der Waals surface area (Å²) in [6.07, 6.45) is 1.32. The molecule has 0 N–H and O–H groups in total. The van der Waals surface area contributed by atoms with Gasteiger partial charge in [-0.25, -0.2) is 0 Å². The molecule has 0 saturated carbocycles. The van der Waals surface area contributed by atoms with Crippen LogP contribution in [-0.4, -0.2) is 18.6 Å². The Bertz CT molecular complexity index is 73.7. The van der Waals surface area contributed by atoms with Crippen molar-refractivity contribution in [2.75, 3.05) is 12.5 Å². The molecule has 0 amide bonds. The molecule has 0 rings (SSSR count). The van der Waals surface area contributed by atoms with E-state index in [4.69, 9.17) is 16.3 Å². The van der Waals surface area contributed by atoms with E-state index >= 15 is 0 Å². The molecule has 0 saturated heterocycles. The third kappa shape index (κ3) is 5.07. The van der Waals surface area contributed by atoms with Crippen LogP contribution in [-0.2, 0) is 4.74 Å². The van der Waals surface area contributed by atoms with Crippen molar-refractivity contribution in [2.24, 2.45) is 5.92 Å².